The van der Waals surface area contributed by atoms with Crippen LogP contribution < -0.4 is 4.57 Å². The van der Waals surface area contributed by atoms with E-state index in [9.17, 15) is 0 Å². The van der Waals surface area contributed by atoms with E-state index < -0.39 is 0 Å². The number of benzene rings is 1. The number of pyridine rings is 2. The molecule has 0 saturated carbocycles. The Labute approximate surface area is 129 Å². The third-order valence-corrected chi connectivity index (χ3v) is 4.31. The molecule has 3 heteroatoms. The molecule has 0 fully saturated rings. The van der Waals surface area contributed by atoms with Gasteiger partial charge in [0.1, 0.15) is 12.7 Å². The summed E-state index contributed by atoms with van der Waals surface area (Å²) in [6.07, 6.45) is 4.19. The van der Waals surface area contributed by atoms with Crippen LogP contribution in [0.4, 0.5) is 0 Å². The normalized spacial score (nSPS) is 11.4. The molecule has 3 nitrogen and oxygen atoms in total. The number of rotatable bonds is 1. The van der Waals surface area contributed by atoms with Gasteiger partial charge in [-0.05, 0) is 49.2 Å². The highest BCUT2D eigenvalue weighted by molar-refractivity contribution is 5.88. The van der Waals surface area contributed by atoms with Gasteiger partial charge in [-0.3, -0.25) is 4.40 Å². The lowest BCUT2D eigenvalue weighted by Gasteiger charge is -2.07. The fourth-order valence-corrected chi connectivity index (χ4v) is 3.14. The first-order valence-corrected chi connectivity index (χ1v) is 7.48. The highest BCUT2D eigenvalue weighted by atomic mass is 15.0. The van der Waals surface area contributed by atoms with E-state index in [-0.39, 0.29) is 0 Å². The zero-order valence-corrected chi connectivity index (χ0v) is 13.0. The van der Waals surface area contributed by atoms with Gasteiger partial charge in [0, 0.05) is 18.3 Å². The van der Waals surface area contributed by atoms with Crippen molar-refractivity contribution in [2.45, 2.75) is 13.8 Å². The summed E-state index contributed by atoms with van der Waals surface area (Å²) < 4.78 is 4.34. The number of imidazole rings is 1. The third-order valence-electron chi connectivity index (χ3n) is 4.31. The SMILES string of the molecule is Cc1cc[n+](C)c(-c2ccc3nc4ccccn4c3c2C)c1. The molecule has 22 heavy (non-hydrogen) atoms. The summed E-state index contributed by atoms with van der Waals surface area (Å²) in [6, 6.07) is 14.8. The number of nitrogens with zero attached hydrogens (tertiary/aromatic N) is 3. The molecule has 0 saturated heterocycles. The lowest BCUT2D eigenvalue weighted by Crippen LogP contribution is -2.30. The number of fused-ring (bicyclic) bond motifs is 3. The second-order valence-corrected chi connectivity index (χ2v) is 5.85. The van der Waals surface area contributed by atoms with Crippen molar-refractivity contribution in [3.8, 4) is 11.3 Å². The van der Waals surface area contributed by atoms with Gasteiger partial charge in [-0.2, -0.15) is 0 Å². The van der Waals surface area contributed by atoms with Gasteiger partial charge in [0.2, 0.25) is 5.69 Å². The minimum atomic E-state index is 0.992. The van der Waals surface area contributed by atoms with Gasteiger partial charge in [-0.15, -0.1) is 0 Å². The molecule has 0 aliphatic rings. The van der Waals surface area contributed by atoms with Crippen LogP contribution in [0.1, 0.15) is 11.1 Å². The van der Waals surface area contributed by atoms with Crippen molar-refractivity contribution in [3.05, 3.63) is 66.0 Å². The predicted octanol–water partition coefficient (Wildman–Crippen LogP) is 3.60. The second-order valence-electron chi connectivity index (χ2n) is 5.85. The van der Waals surface area contributed by atoms with Gasteiger partial charge in [0.15, 0.2) is 6.20 Å². The largest absolute Gasteiger partial charge is 0.299 e. The molecule has 0 unspecified atom stereocenters. The van der Waals surface area contributed by atoms with Crippen LogP contribution in [0.5, 0.6) is 0 Å². The fourth-order valence-electron chi connectivity index (χ4n) is 3.14. The first kappa shape index (κ1) is 13.0. The summed E-state index contributed by atoms with van der Waals surface area (Å²) in [7, 11) is 2.09. The van der Waals surface area contributed by atoms with E-state index in [0.717, 1.165) is 11.2 Å². The van der Waals surface area contributed by atoms with Crippen LogP contribution in [-0.2, 0) is 7.05 Å². The van der Waals surface area contributed by atoms with Crippen LogP contribution in [-0.4, -0.2) is 9.38 Å². The predicted molar refractivity (Wildman–Crippen MR) is 88.8 cm³/mol. The molecule has 0 bridgehead atoms. The molecule has 108 valence electrons. The van der Waals surface area contributed by atoms with Crippen molar-refractivity contribution in [1.82, 2.24) is 9.38 Å². The molecule has 0 radical (unpaired) electrons. The van der Waals surface area contributed by atoms with Gasteiger partial charge >= 0.3 is 0 Å². The monoisotopic (exact) mass is 288 g/mol. The lowest BCUT2D eigenvalue weighted by molar-refractivity contribution is -0.660. The standard InChI is InChI=1S/C19H18N3/c1-13-9-11-21(3)17(12-13)15-7-8-16-19(14(15)2)22-10-5-4-6-18(22)20-16/h4-12H,1-3H3/q+1. The summed E-state index contributed by atoms with van der Waals surface area (Å²) >= 11 is 0. The molecule has 1 aromatic carbocycles. The Morgan fingerprint density at radius 3 is 2.77 bits per heavy atom. The number of hydrogen-bond donors (Lipinski definition) is 0. The molecular weight excluding hydrogens is 270 g/mol. The summed E-state index contributed by atoms with van der Waals surface area (Å²) in [5.41, 5.74) is 8.24. The highest BCUT2D eigenvalue weighted by Crippen LogP contribution is 2.28. The summed E-state index contributed by atoms with van der Waals surface area (Å²) in [4.78, 5) is 4.71. The van der Waals surface area contributed by atoms with E-state index >= 15 is 0 Å². The Balaban J connectivity index is 2.09. The van der Waals surface area contributed by atoms with Gasteiger partial charge in [0.05, 0.1) is 16.6 Å². The Kier molecular flexibility index (Phi) is 2.76. The average Bonchev–Trinajstić information content (AvgIpc) is 2.90. The van der Waals surface area contributed by atoms with E-state index in [4.69, 9.17) is 4.98 Å². The average molecular weight is 288 g/mol. The maximum absolute atomic E-state index is 4.71. The molecule has 4 aromatic rings. The van der Waals surface area contributed by atoms with Crippen LogP contribution >= 0.6 is 0 Å². The first-order chi connectivity index (χ1) is 10.6. The van der Waals surface area contributed by atoms with Crippen molar-refractivity contribution in [1.29, 1.82) is 0 Å². The molecule has 0 N–H and O–H groups in total. The zero-order valence-electron chi connectivity index (χ0n) is 13.0. The van der Waals surface area contributed by atoms with Gasteiger partial charge < -0.3 is 0 Å². The molecule has 4 rings (SSSR count). The van der Waals surface area contributed by atoms with Crippen molar-refractivity contribution in [3.63, 3.8) is 0 Å². The van der Waals surface area contributed by atoms with E-state index in [2.05, 4.69) is 66.5 Å². The van der Waals surface area contributed by atoms with E-state index in [1.807, 2.05) is 18.2 Å². The first-order valence-electron chi connectivity index (χ1n) is 7.48. The zero-order chi connectivity index (χ0) is 15.3. The molecule has 0 aliphatic carbocycles. The Morgan fingerprint density at radius 1 is 1.05 bits per heavy atom. The number of aryl methyl sites for hydroxylation is 3. The van der Waals surface area contributed by atoms with Gasteiger partial charge in [-0.1, -0.05) is 6.07 Å². The molecule has 0 spiro atoms. The van der Waals surface area contributed by atoms with Crippen LogP contribution in [0.2, 0.25) is 0 Å². The maximum atomic E-state index is 4.71. The quantitative estimate of drug-likeness (QED) is 0.490. The number of aromatic nitrogens is 3. The van der Waals surface area contributed by atoms with Crippen LogP contribution in [0.15, 0.2) is 54.9 Å². The fraction of sp³-hybridized carbons (Fsp3) is 0.158. The van der Waals surface area contributed by atoms with E-state index in [1.165, 1.54) is 27.9 Å². The summed E-state index contributed by atoms with van der Waals surface area (Å²) in [5, 5.41) is 0. The van der Waals surface area contributed by atoms with Crippen molar-refractivity contribution < 1.29 is 4.57 Å². The highest BCUT2D eigenvalue weighted by Gasteiger charge is 2.16. The smallest absolute Gasteiger partial charge is 0.212 e. The van der Waals surface area contributed by atoms with Gasteiger partial charge in [0.25, 0.3) is 0 Å². The van der Waals surface area contributed by atoms with Crippen molar-refractivity contribution in [2.24, 2.45) is 7.05 Å². The third kappa shape index (κ3) is 1.82. The van der Waals surface area contributed by atoms with Crippen LogP contribution in [0.25, 0.3) is 27.9 Å². The summed E-state index contributed by atoms with van der Waals surface area (Å²) in [5.74, 6) is 0. The van der Waals surface area contributed by atoms with E-state index in [0.29, 0.717) is 0 Å². The second kappa shape index (κ2) is 4.67. The van der Waals surface area contributed by atoms with Crippen LogP contribution in [0.3, 0.4) is 0 Å². The lowest BCUT2D eigenvalue weighted by atomic mass is 10.0. The Morgan fingerprint density at radius 2 is 1.91 bits per heavy atom. The molecular formula is C19H18N3+. The molecule has 0 amide bonds. The van der Waals surface area contributed by atoms with E-state index in [1.54, 1.807) is 0 Å². The topological polar surface area (TPSA) is 21.2 Å². The minimum Gasteiger partial charge on any atom is -0.299 e. The Bertz CT molecular complexity index is 1010. The molecule has 3 heterocycles. The maximum Gasteiger partial charge on any atom is 0.212 e. The van der Waals surface area contributed by atoms with Gasteiger partial charge in [-0.25, -0.2) is 9.55 Å². The summed E-state index contributed by atoms with van der Waals surface area (Å²) in [6.45, 7) is 4.31. The van der Waals surface area contributed by atoms with Crippen LogP contribution in [0, 0.1) is 13.8 Å². The molecule has 0 atom stereocenters. The van der Waals surface area contributed by atoms with Crippen molar-refractivity contribution >= 4 is 16.7 Å². The number of hydrogen-bond acceptors (Lipinski definition) is 1. The molecule has 3 aromatic heterocycles. The Hall–Kier alpha value is -2.68. The van der Waals surface area contributed by atoms with Crippen molar-refractivity contribution in [2.75, 3.05) is 0 Å². The molecule has 0 aliphatic heterocycles. The minimum absolute atomic E-state index is 0.992.